The molecule has 2 aromatic heterocycles. The first-order valence-electron chi connectivity index (χ1n) is 12.9. The van der Waals surface area contributed by atoms with E-state index in [-0.39, 0.29) is 43.9 Å². The predicted molar refractivity (Wildman–Crippen MR) is 123 cm³/mol. The summed E-state index contributed by atoms with van der Waals surface area (Å²) in [5.41, 5.74) is 1.38. The van der Waals surface area contributed by atoms with Crippen molar-refractivity contribution in [3.8, 4) is 0 Å². The maximum atomic E-state index is 13.8. The number of fused-ring (bicyclic) bond motifs is 1. The van der Waals surface area contributed by atoms with Crippen LogP contribution in [0.15, 0.2) is 18.5 Å². The molecule has 2 aromatic rings. The van der Waals surface area contributed by atoms with Gasteiger partial charge < -0.3 is 10.6 Å². The van der Waals surface area contributed by atoms with E-state index in [2.05, 4.69) is 20.7 Å². The molecule has 0 radical (unpaired) electrons. The van der Waals surface area contributed by atoms with Crippen LogP contribution in [0.1, 0.15) is 81.1 Å². The molecule has 5 rings (SSSR count). The quantitative estimate of drug-likeness (QED) is 0.435. The average molecular weight is 546 g/mol. The highest BCUT2D eigenvalue weighted by atomic mass is 19.4. The van der Waals surface area contributed by atoms with Crippen molar-refractivity contribution in [1.29, 1.82) is 0 Å². The smallest absolute Gasteiger partial charge is 0.349 e. The van der Waals surface area contributed by atoms with Crippen LogP contribution in [-0.4, -0.2) is 44.7 Å². The van der Waals surface area contributed by atoms with E-state index < -0.39 is 60.9 Å². The van der Waals surface area contributed by atoms with Gasteiger partial charge in [-0.3, -0.25) is 9.59 Å². The predicted octanol–water partition coefficient (Wildman–Crippen LogP) is 4.98. The molecule has 0 aliphatic heterocycles. The summed E-state index contributed by atoms with van der Waals surface area (Å²) in [5.74, 6) is -4.92. The van der Waals surface area contributed by atoms with Gasteiger partial charge in [0.15, 0.2) is 5.65 Å². The van der Waals surface area contributed by atoms with Crippen molar-refractivity contribution in [2.75, 3.05) is 0 Å². The summed E-state index contributed by atoms with van der Waals surface area (Å²) in [7, 11) is 0. The lowest BCUT2D eigenvalue weighted by molar-refractivity contribution is -0.144. The fourth-order valence-electron chi connectivity index (χ4n) is 5.16. The number of rotatable bonds is 9. The van der Waals surface area contributed by atoms with Gasteiger partial charge in [0.1, 0.15) is 6.17 Å². The molecule has 2 amide bonds. The summed E-state index contributed by atoms with van der Waals surface area (Å²) >= 11 is 0. The minimum atomic E-state index is -4.43. The molecule has 208 valence electrons. The number of halogens is 6. The van der Waals surface area contributed by atoms with E-state index in [9.17, 15) is 35.9 Å². The molecular weight excluding hydrogens is 516 g/mol. The highest BCUT2D eigenvalue weighted by Crippen LogP contribution is 2.43. The molecular formula is C25H29F6N5O2. The number of carbonyl (C=O) groups is 2. The molecule has 2 heterocycles. The Morgan fingerprint density at radius 3 is 2.34 bits per heavy atom. The summed E-state index contributed by atoms with van der Waals surface area (Å²) in [5, 5.41) is 9.86. The number of nitrogens with zero attached hydrogens (tertiary/aromatic N) is 3. The zero-order valence-electron chi connectivity index (χ0n) is 20.5. The molecule has 2 N–H and O–H groups in total. The molecule has 0 saturated heterocycles. The van der Waals surface area contributed by atoms with Gasteiger partial charge in [-0.1, -0.05) is 0 Å². The monoisotopic (exact) mass is 545 g/mol. The Morgan fingerprint density at radius 1 is 1.08 bits per heavy atom. The molecule has 3 fully saturated rings. The number of alkyl halides is 6. The molecule has 0 spiro atoms. The number of carbonyl (C=O) groups excluding carboxylic acids is 2. The normalized spacial score (nSPS) is 25.1. The van der Waals surface area contributed by atoms with Crippen molar-refractivity contribution in [2.45, 2.75) is 88.1 Å². The van der Waals surface area contributed by atoms with Crippen molar-refractivity contribution in [1.82, 2.24) is 25.2 Å². The van der Waals surface area contributed by atoms with Crippen LogP contribution in [0.25, 0.3) is 5.65 Å². The van der Waals surface area contributed by atoms with Crippen LogP contribution in [0.2, 0.25) is 0 Å². The van der Waals surface area contributed by atoms with Gasteiger partial charge in [0.05, 0.1) is 42.5 Å². The van der Waals surface area contributed by atoms with E-state index in [4.69, 9.17) is 0 Å². The van der Waals surface area contributed by atoms with E-state index in [0.717, 1.165) is 12.8 Å². The lowest BCUT2D eigenvalue weighted by atomic mass is 9.81. The molecule has 0 aromatic carbocycles. The Balaban J connectivity index is 1.36. The van der Waals surface area contributed by atoms with E-state index in [1.165, 1.54) is 10.7 Å². The Labute approximate surface area is 214 Å². The van der Waals surface area contributed by atoms with Crippen molar-refractivity contribution in [2.24, 2.45) is 17.8 Å². The van der Waals surface area contributed by atoms with E-state index in [1.807, 2.05) is 0 Å². The van der Waals surface area contributed by atoms with Crippen molar-refractivity contribution in [3.63, 3.8) is 0 Å². The summed E-state index contributed by atoms with van der Waals surface area (Å²) in [6.07, 6.45) is -2.94. The second kappa shape index (κ2) is 10.0. The van der Waals surface area contributed by atoms with Crippen LogP contribution in [0, 0.1) is 17.8 Å². The van der Waals surface area contributed by atoms with Crippen LogP contribution >= 0.6 is 0 Å². The van der Waals surface area contributed by atoms with Crippen molar-refractivity contribution in [3.05, 3.63) is 29.7 Å². The van der Waals surface area contributed by atoms with Gasteiger partial charge >= 0.3 is 6.18 Å². The molecule has 3 aliphatic carbocycles. The maximum absolute atomic E-state index is 13.8. The molecule has 3 aliphatic rings. The van der Waals surface area contributed by atoms with Gasteiger partial charge in [0, 0.05) is 19.3 Å². The Hall–Kier alpha value is -2.86. The minimum absolute atomic E-state index is 0.0756. The van der Waals surface area contributed by atoms with E-state index in [1.54, 1.807) is 12.3 Å². The lowest BCUT2D eigenvalue weighted by Gasteiger charge is -2.33. The largest absolute Gasteiger partial charge is 0.389 e. The second-order valence-corrected chi connectivity index (χ2v) is 10.8. The first kappa shape index (κ1) is 26.7. The van der Waals surface area contributed by atoms with Crippen LogP contribution in [-0.2, 0) is 9.59 Å². The highest BCUT2D eigenvalue weighted by Gasteiger charge is 2.46. The molecule has 38 heavy (non-hydrogen) atoms. The van der Waals surface area contributed by atoms with Gasteiger partial charge in [-0.15, -0.1) is 0 Å². The number of hydrogen-bond donors (Lipinski definition) is 2. The first-order chi connectivity index (χ1) is 17.9. The Morgan fingerprint density at radius 2 is 1.74 bits per heavy atom. The summed E-state index contributed by atoms with van der Waals surface area (Å²) in [6.45, 7) is 0. The van der Waals surface area contributed by atoms with Crippen LogP contribution < -0.4 is 10.6 Å². The third-order valence-electron chi connectivity index (χ3n) is 7.66. The number of amides is 2. The van der Waals surface area contributed by atoms with Crippen molar-refractivity contribution >= 4 is 17.5 Å². The third kappa shape index (κ3) is 6.40. The van der Waals surface area contributed by atoms with Gasteiger partial charge in [-0.25, -0.2) is 22.7 Å². The third-order valence-corrected chi connectivity index (χ3v) is 7.66. The number of imidazole rings is 1. The summed E-state index contributed by atoms with van der Waals surface area (Å²) < 4.78 is 80.1. The second-order valence-electron chi connectivity index (χ2n) is 10.8. The zero-order valence-corrected chi connectivity index (χ0v) is 20.5. The lowest BCUT2D eigenvalue weighted by Crippen LogP contribution is -2.38. The highest BCUT2D eigenvalue weighted by molar-refractivity contribution is 5.82. The zero-order chi connectivity index (χ0) is 27.2. The van der Waals surface area contributed by atoms with Gasteiger partial charge in [-0.05, 0) is 55.6 Å². The van der Waals surface area contributed by atoms with Gasteiger partial charge in [0.2, 0.25) is 17.7 Å². The van der Waals surface area contributed by atoms with Crippen LogP contribution in [0.3, 0.4) is 0 Å². The topological polar surface area (TPSA) is 88.4 Å². The average Bonchev–Trinajstić information content (AvgIpc) is 3.77. The molecule has 4 atom stereocenters. The number of aromatic nitrogens is 3. The minimum Gasteiger partial charge on any atom is -0.349 e. The maximum Gasteiger partial charge on any atom is 0.389 e. The van der Waals surface area contributed by atoms with Crippen LogP contribution in [0.4, 0.5) is 26.3 Å². The van der Waals surface area contributed by atoms with Crippen molar-refractivity contribution < 1.29 is 35.9 Å². The molecule has 3 saturated carbocycles. The number of nitrogens with one attached hydrogen (secondary N) is 2. The van der Waals surface area contributed by atoms with E-state index in [0.29, 0.717) is 16.9 Å². The Kier molecular flexibility index (Phi) is 7.06. The summed E-state index contributed by atoms with van der Waals surface area (Å²) in [4.78, 5) is 29.4. The molecule has 0 bridgehead atoms. The SMILES string of the molecule is O=C(CCC(F)(F)F)NC(c1cnn2cc([C@@H](NC(=O)[C@H]3C[C@@H]3F)C3CCC(F)(F)CC3)nc2c1)C1CC1. The van der Waals surface area contributed by atoms with Gasteiger partial charge in [0.25, 0.3) is 0 Å². The summed E-state index contributed by atoms with van der Waals surface area (Å²) in [6, 6.07) is 0.467. The fourth-order valence-corrected chi connectivity index (χ4v) is 5.16. The first-order valence-corrected chi connectivity index (χ1v) is 12.9. The number of hydrogen-bond acceptors (Lipinski definition) is 4. The molecule has 13 heteroatoms. The Bertz CT molecular complexity index is 1190. The van der Waals surface area contributed by atoms with Gasteiger partial charge in [-0.2, -0.15) is 18.3 Å². The molecule has 7 nitrogen and oxygen atoms in total. The molecule has 1 unspecified atom stereocenters. The standard InChI is InChI=1S/C25H29F6N5O2/c26-17-10-16(17)23(38)35-22(14-3-6-24(27,28)7-4-14)18-12-36-19(33-18)9-15(11-32-36)21(13-1-2-13)34-20(37)5-8-25(29,30)31/h9,11-14,16-17,21-22H,1-8,10H2,(H,34,37)(H,35,38)/t16-,17-,21?,22-/m0/s1. The fraction of sp³-hybridized carbons (Fsp3) is 0.680. The van der Waals surface area contributed by atoms with Crippen LogP contribution in [0.5, 0.6) is 0 Å². The van der Waals surface area contributed by atoms with E-state index >= 15 is 0 Å².